The van der Waals surface area contributed by atoms with Crippen molar-refractivity contribution in [3.63, 3.8) is 0 Å². The Balaban J connectivity index is 1.45. The van der Waals surface area contributed by atoms with Gasteiger partial charge in [-0.15, -0.1) is 21.5 Å². The number of hydrogen-bond donors (Lipinski definition) is 3. The lowest BCUT2D eigenvalue weighted by Crippen LogP contribution is -2.42. The van der Waals surface area contributed by atoms with Crippen LogP contribution in [0.5, 0.6) is 0 Å². The molecule has 0 saturated carbocycles. The Kier molecular flexibility index (Phi) is 6.21. The van der Waals surface area contributed by atoms with Gasteiger partial charge in [0, 0.05) is 5.69 Å². The molecule has 2 heterocycles. The maximum Gasteiger partial charge on any atom is 0.279 e. The van der Waals surface area contributed by atoms with E-state index in [9.17, 15) is 9.59 Å². The second-order valence-corrected chi connectivity index (χ2v) is 8.23. The summed E-state index contributed by atoms with van der Waals surface area (Å²) in [5.41, 5.74) is 6.84. The molecular formula is C16H15N5O2S3. The van der Waals surface area contributed by atoms with Gasteiger partial charge in [0.25, 0.3) is 5.91 Å². The van der Waals surface area contributed by atoms with Gasteiger partial charge in [-0.3, -0.25) is 20.4 Å². The number of aryl methyl sites for hydroxylation is 1. The molecule has 10 heteroatoms. The molecule has 0 aliphatic rings. The van der Waals surface area contributed by atoms with Crippen molar-refractivity contribution < 1.29 is 9.59 Å². The van der Waals surface area contributed by atoms with E-state index in [0.29, 0.717) is 14.3 Å². The van der Waals surface area contributed by atoms with E-state index in [1.54, 1.807) is 17.5 Å². The van der Waals surface area contributed by atoms with Crippen molar-refractivity contribution in [2.24, 2.45) is 0 Å². The van der Waals surface area contributed by atoms with Crippen LogP contribution in [0.3, 0.4) is 0 Å². The molecule has 3 N–H and O–H groups in total. The molecule has 0 atom stereocenters. The predicted molar refractivity (Wildman–Crippen MR) is 105 cm³/mol. The van der Waals surface area contributed by atoms with Crippen molar-refractivity contribution in [1.82, 2.24) is 21.0 Å². The van der Waals surface area contributed by atoms with Crippen molar-refractivity contribution in [3.8, 4) is 0 Å². The number of amides is 2. The molecule has 7 nitrogen and oxygen atoms in total. The van der Waals surface area contributed by atoms with Crippen molar-refractivity contribution >= 4 is 57.1 Å². The van der Waals surface area contributed by atoms with Crippen LogP contribution < -0.4 is 16.2 Å². The Morgan fingerprint density at radius 2 is 1.96 bits per heavy atom. The zero-order valence-corrected chi connectivity index (χ0v) is 16.1. The molecule has 0 spiro atoms. The molecule has 3 rings (SSSR count). The lowest BCUT2D eigenvalue weighted by Gasteiger charge is -2.05. The normalized spacial score (nSPS) is 10.3. The first kappa shape index (κ1) is 18.4. The number of nitrogens with one attached hydrogen (secondary N) is 3. The van der Waals surface area contributed by atoms with E-state index in [1.807, 2.05) is 31.2 Å². The molecule has 0 unspecified atom stereocenters. The fraction of sp³-hybridized carbons (Fsp3) is 0.125. The van der Waals surface area contributed by atoms with Gasteiger partial charge in [-0.2, -0.15) is 0 Å². The number of carbonyl (C=O) groups is 2. The monoisotopic (exact) mass is 405 g/mol. The molecule has 1 aromatic carbocycles. The average molecular weight is 406 g/mol. The molecule has 3 aromatic rings. The highest BCUT2D eigenvalue weighted by Gasteiger charge is 2.11. The van der Waals surface area contributed by atoms with Gasteiger partial charge in [-0.05, 0) is 30.0 Å². The molecule has 0 bridgehead atoms. The summed E-state index contributed by atoms with van der Waals surface area (Å²) >= 11 is 3.93. The minimum Gasteiger partial charge on any atom is -0.330 e. The third-order valence-electron chi connectivity index (χ3n) is 3.18. The highest BCUT2D eigenvalue weighted by Crippen LogP contribution is 2.28. The summed E-state index contributed by atoms with van der Waals surface area (Å²) in [5.74, 6) is -0.522. The Bertz CT molecular complexity index is 895. The van der Waals surface area contributed by atoms with E-state index < -0.39 is 0 Å². The topological polar surface area (TPSA) is 96.0 Å². The zero-order valence-electron chi connectivity index (χ0n) is 13.7. The molecule has 26 heavy (non-hydrogen) atoms. The Labute approximate surface area is 162 Å². The fourth-order valence-corrected chi connectivity index (χ4v) is 4.09. The molecule has 134 valence electrons. The fourth-order valence-electron chi connectivity index (χ4n) is 1.91. The Hall–Kier alpha value is -2.43. The maximum absolute atomic E-state index is 11.8. The highest BCUT2D eigenvalue weighted by atomic mass is 32.2. The van der Waals surface area contributed by atoms with E-state index in [2.05, 4.69) is 26.4 Å². The van der Waals surface area contributed by atoms with Crippen molar-refractivity contribution in [1.29, 1.82) is 0 Å². The lowest BCUT2D eigenvalue weighted by atomic mass is 10.2. The second-order valence-electron chi connectivity index (χ2n) is 5.08. The summed E-state index contributed by atoms with van der Waals surface area (Å²) in [6, 6.07) is 11.3. The summed E-state index contributed by atoms with van der Waals surface area (Å²) in [7, 11) is 0. The van der Waals surface area contributed by atoms with Crippen LogP contribution in [0, 0.1) is 6.92 Å². The number of para-hydroxylation sites is 1. The largest absolute Gasteiger partial charge is 0.330 e. The summed E-state index contributed by atoms with van der Waals surface area (Å²) in [5, 5.41) is 13.8. The van der Waals surface area contributed by atoms with Crippen LogP contribution in [0.2, 0.25) is 0 Å². The number of anilines is 2. The number of thioether (sulfide) groups is 1. The Morgan fingerprint density at radius 1 is 1.12 bits per heavy atom. The van der Waals surface area contributed by atoms with Gasteiger partial charge in [0.15, 0.2) is 4.34 Å². The summed E-state index contributed by atoms with van der Waals surface area (Å²) < 4.78 is 0.667. The van der Waals surface area contributed by atoms with Gasteiger partial charge in [-0.1, -0.05) is 47.4 Å². The van der Waals surface area contributed by atoms with Crippen LogP contribution in [0.25, 0.3) is 0 Å². The van der Waals surface area contributed by atoms with E-state index in [-0.39, 0.29) is 17.6 Å². The third kappa shape index (κ3) is 5.04. The molecule has 0 fully saturated rings. The van der Waals surface area contributed by atoms with Gasteiger partial charge >= 0.3 is 0 Å². The molecular weight excluding hydrogens is 390 g/mol. The SMILES string of the molecule is Cc1ccccc1Nc1nnc(SCC(=O)NNC(=O)c2cccs2)s1. The zero-order chi connectivity index (χ0) is 18.4. The van der Waals surface area contributed by atoms with Crippen LogP contribution >= 0.6 is 34.4 Å². The van der Waals surface area contributed by atoms with E-state index in [0.717, 1.165) is 11.3 Å². The molecule has 0 saturated heterocycles. The minimum absolute atomic E-state index is 0.129. The van der Waals surface area contributed by atoms with Crippen LogP contribution in [0.1, 0.15) is 15.2 Å². The molecule has 0 aliphatic carbocycles. The molecule has 2 aromatic heterocycles. The minimum atomic E-state index is -0.334. The summed E-state index contributed by atoms with van der Waals surface area (Å²) in [4.78, 5) is 24.1. The van der Waals surface area contributed by atoms with Crippen LogP contribution in [0.4, 0.5) is 10.8 Å². The number of thiophene rings is 1. The average Bonchev–Trinajstić information content (AvgIpc) is 3.32. The predicted octanol–water partition coefficient (Wildman–Crippen LogP) is 3.20. The number of hydrazine groups is 1. The highest BCUT2D eigenvalue weighted by molar-refractivity contribution is 8.01. The Morgan fingerprint density at radius 3 is 2.73 bits per heavy atom. The van der Waals surface area contributed by atoms with E-state index >= 15 is 0 Å². The molecule has 2 amide bonds. The summed E-state index contributed by atoms with van der Waals surface area (Å²) in [6.07, 6.45) is 0. The first-order valence-electron chi connectivity index (χ1n) is 7.53. The lowest BCUT2D eigenvalue weighted by molar-refractivity contribution is -0.119. The molecule has 0 radical (unpaired) electrons. The van der Waals surface area contributed by atoms with Crippen LogP contribution in [-0.2, 0) is 4.79 Å². The maximum atomic E-state index is 11.8. The van der Waals surface area contributed by atoms with Crippen molar-refractivity contribution in [2.75, 3.05) is 11.1 Å². The number of benzene rings is 1. The summed E-state index contributed by atoms with van der Waals surface area (Å²) in [6.45, 7) is 2.01. The van der Waals surface area contributed by atoms with Gasteiger partial charge in [0.2, 0.25) is 11.0 Å². The van der Waals surface area contributed by atoms with Gasteiger partial charge < -0.3 is 5.32 Å². The van der Waals surface area contributed by atoms with Crippen molar-refractivity contribution in [2.45, 2.75) is 11.3 Å². The molecule has 0 aliphatic heterocycles. The number of nitrogens with zero attached hydrogens (tertiary/aromatic N) is 2. The quantitative estimate of drug-likeness (QED) is 0.430. The standard InChI is InChI=1S/C16H15N5O2S3/c1-10-5-2-3-6-11(10)17-15-20-21-16(26-15)25-9-13(22)18-19-14(23)12-7-4-8-24-12/h2-8H,9H2,1H3,(H,17,20)(H,18,22)(H,19,23). The third-order valence-corrected chi connectivity index (χ3v) is 6.02. The number of rotatable bonds is 6. The van der Waals surface area contributed by atoms with Gasteiger partial charge in [-0.25, -0.2) is 0 Å². The van der Waals surface area contributed by atoms with Crippen molar-refractivity contribution in [3.05, 3.63) is 52.2 Å². The number of carbonyl (C=O) groups excluding carboxylic acids is 2. The first-order valence-corrected chi connectivity index (χ1v) is 10.2. The van der Waals surface area contributed by atoms with E-state index in [4.69, 9.17) is 0 Å². The first-order chi connectivity index (χ1) is 12.6. The van der Waals surface area contributed by atoms with Crippen LogP contribution in [-0.4, -0.2) is 27.8 Å². The van der Waals surface area contributed by atoms with Gasteiger partial charge in [0.05, 0.1) is 10.6 Å². The number of hydrogen-bond acceptors (Lipinski definition) is 8. The number of aromatic nitrogens is 2. The van der Waals surface area contributed by atoms with Gasteiger partial charge in [0.1, 0.15) is 0 Å². The van der Waals surface area contributed by atoms with E-state index in [1.165, 1.54) is 34.4 Å². The second kappa shape index (κ2) is 8.79. The van der Waals surface area contributed by atoms with Crippen LogP contribution in [0.15, 0.2) is 46.1 Å². The smallest absolute Gasteiger partial charge is 0.279 e.